The van der Waals surface area contributed by atoms with Crippen molar-refractivity contribution < 1.29 is 4.74 Å². The first-order valence-corrected chi connectivity index (χ1v) is 7.44. The first-order chi connectivity index (χ1) is 11.2. The molecule has 0 saturated heterocycles. The van der Waals surface area contributed by atoms with Crippen LogP contribution in [0.3, 0.4) is 0 Å². The third kappa shape index (κ3) is 2.77. The molecule has 0 aliphatic rings. The van der Waals surface area contributed by atoms with E-state index in [2.05, 4.69) is 6.07 Å². The molecule has 0 amide bonds. The Morgan fingerprint density at radius 3 is 2.39 bits per heavy atom. The molecule has 0 atom stereocenters. The molecule has 0 unspecified atom stereocenters. The molecule has 1 aromatic heterocycles. The van der Waals surface area contributed by atoms with Crippen LogP contribution in [0, 0.1) is 11.3 Å². The molecular formula is C19H17N3O. The fourth-order valence-electron chi connectivity index (χ4n) is 2.56. The van der Waals surface area contributed by atoms with Crippen LogP contribution in [0.15, 0.2) is 60.8 Å². The van der Waals surface area contributed by atoms with Crippen molar-refractivity contribution >= 4 is 5.82 Å². The Labute approximate surface area is 135 Å². The molecule has 0 bridgehead atoms. The van der Waals surface area contributed by atoms with Gasteiger partial charge in [0, 0.05) is 17.4 Å². The lowest BCUT2D eigenvalue weighted by Crippen LogP contribution is -2.00. The number of anilines is 1. The Morgan fingerprint density at radius 2 is 1.78 bits per heavy atom. The minimum Gasteiger partial charge on any atom is -0.494 e. The molecule has 2 N–H and O–H groups in total. The number of aromatic nitrogens is 1. The highest BCUT2D eigenvalue weighted by Crippen LogP contribution is 2.31. The van der Waals surface area contributed by atoms with Crippen LogP contribution >= 0.6 is 0 Å². The predicted octanol–water partition coefficient (Wildman–Crippen LogP) is 4.00. The highest BCUT2D eigenvalue weighted by atomic mass is 16.5. The molecular weight excluding hydrogens is 286 g/mol. The van der Waals surface area contributed by atoms with Crippen molar-refractivity contribution in [2.24, 2.45) is 0 Å². The number of rotatable bonds is 4. The molecule has 2 aromatic carbocycles. The van der Waals surface area contributed by atoms with Gasteiger partial charge in [-0.1, -0.05) is 30.3 Å². The van der Waals surface area contributed by atoms with E-state index in [0.29, 0.717) is 18.0 Å². The zero-order chi connectivity index (χ0) is 16.2. The summed E-state index contributed by atoms with van der Waals surface area (Å²) in [4.78, 5) is 0. The van der Waals surface area contributed by atoms with E-state index in [1.165, 1.54) is 0 Å². The van der Waals surface area contributed by atoms with E-state index in [1.54, 1.807) is 0 Å². The summed E-state index contributed by atoms with van der Waals surface area (Å²) in [6.45, 7) is 2.57. The maximum Gasteiger partial charge on any atom is 0.126 e. The second-order valence-corrected chi connectivity index (χ2v) is 5.08. The van der Waals surface area contributed by atoms with Crippen LogP contribution in [0.5, 0.6) is 5.75 Å². The Kier molecular flexibility index (Phi) is 4.03. The van der Waals surface area contributed by atoms with E-state index < -0.39 is 0 Å². The van der Waals surface area contributed by atoms with Gasteiger partial charge in [0.15, 0.2) is 0 Å². The van der Waals surface area contributed by atoms with Gasteiger partial charge >= 0.3 is 0 Å². The summed E-state index contributed by atoms with van der Waals surface area (Å²) in [5.74, 6) is 1.25. The van der Waals surface area contributed by atoms with E-state index in [9.17, 15) is 5.26 Å². The van der Waals surface area contributed by atoms with Crippen LogP contribution < -0.4 is 10.5 Å². The number of nitrogens with two attached hydrogens (primary N) is 1. The fourth-order valence-corrected chi connectivity index (χ4v) is 2.56. The summed E-state index contributed by atoms with van der Waals surface area (Å²) in [5, 5.41) is 9.47. The van der Waals surface area contributed by atoms with Crippen LogP contribution in [0.1, 0.15) is 12.5 Å². The van der Waals surface area contributed by atoms with Gasteiger partial charge in [-0.05, 0) is 36.8 Å². The number of ether oxygens (including phenoxy) is 1. The number of benzene rings is 2. The van der Waals surface area contributed by atoms with E-state index >= 15 is 0 Å². The van der Waals surface area contributed by atoms with Gasteiger partial charge in [-0.2, -0.15) is 5.26 Å². The molecule has 114 valence electrons. The number of nitrogens with zero attached hydrogens (tertiary/aromatic N) is 2. The monoisotopic (exact) mass is 303 g/mol. The maximum absolute atomic E-state index is 9.47. The molecule has 3 rings (SSSR count). The number of hydrogen-bond acceptors (Lipinski definition) is 3. The smallest absolute Gasteiger partial charge is 0.126 e. The molecule has 0 aliphatic carbocycles. The van der Waals surface area contributed by atoms with Crippen molar-refractivity contribution in [1.29, 1.82) is 5.26 Å². The van der Waals surface area contributed by atoms with E-state index in [-0.39, 0.29) is 0 Å². The molecule has 0 spiro atoms. The Morgan fingerprint density at radius 1 is 1.09 bits per heavy atom. The van der Waals surface area contributed by atoms with Gasteiger partial charge in [-0.3, -0.25) is 0 Å². The van der Waals surface area contributed by atoms with Crippen LogP contribution in [0.4, 0.5) is 5.82 Å². The van der Waals surface area contributed by atoms with Crippen molar-refractivity contribution in [2.75, 3.05) is 12.3 Å². The topological polar surface area (TPSA) is 64.0 Å². The van der Waals surface area contributed by atoms with Crippen molar-refractivity contribution in [3.05, 3.63) is 66.4 Å². The third-order valence-corrected chi connectivity index (χ3v) is 3.67. The fraction of sp³-hybridized carbons (Fsp3) is 0.105. The van der Waals surface area contributed by atoms with Crippen molar-refractivity contribution in [1.82, 2.24) is 4.57 Å². The first-order valence-electron chi connectivity index (χ1n) is 7.44. The summed E-state index contributed by atoms with van der Waals surface area (Å²) in [6.07, 6.45) is 1.90. The average molecular weight is 303 g/mol. The normalized spacial score (nSPS) is 10.3. The van der Waals surface area contributed by atoms with Gasteiger partial charge < -0.3 is 15.0 Å². The summed E-state index contributed by atoms with van der Waals surface area (Å²) in [5.41, 5.74) is 9.38. The predicted molar refractivity (Wildman–Crippen MR) is 91.5 cm³/mol. The van der Waals surface area contributed by atoms with Crippen LogP contribution in [0.25, 0.3) is 16.8 Å². The molecule has 1 heterocycles. The zero-order valence-electron chi connectivity index (χ0n) is 12.9. The second-order valence-electron chi connectivity index (χ2n) is 5.08. The van der Waals surface area contributed by atoms with Crippen LogP contribution in [-0.2, 0) is 0 Å². The van der Waals surface area contributed by atoms with E-state index in [0.717, 1.165) is 22.6 Å². The van der Waals surface area contributed by atoms with Gasteiger partial charge in [0.25, 0.3) is 0 Å². The third-order valence-electron chi connectivity index (χ3n) is 3.67. The lowest BCUT2D eigenvalue weighted by molar-refractivity contribution is 0.340. The highest BCUT2D eigenvalue weighted by Gasteiger charge is 2.15. The molecule has 4 heteroatoms. The highest BCUT2D eigenvalue weighted by molar-refractivity contribution is 5.77. The van der Waals surface area contributed by atoms with Crippen LogP contribution in [-0.4, -0.2) is 11.2 Å². The standard InChI is InChI=1S/C19H17N3O/c1-2-23-16-10-8-15(9-11-16)22-13-18(17(12-20)19(22)21)14-6-4-3-5-7-14/h3-11,13H,2,21H2,1H3. The number of hydrogen-bond donors (Lipinski definition) is 1. The molecule has 23 heavy (non-hydrogen) atoms. The molecule has 4 nitrogen and oxygen atoms in total. The van der Waals surface area contributed by atoms with Crippen molar-refractivity contribution in [3.63, 3.8) is 0 Å². The summed E-state index contributed by atoms with van der Waals surface area (Å²) in [7, 11) is 0. The van der Waals surface area contributed by atoms with Gasteiger partial charge in [-0.25, -0.2) is 0 Å². The first kappa shape index (κ1) is 14.7. The van der Waals surface area contributed by atoms with Gasteiger partial charge in [0.2, 0.25) is 0 Å². The molecule has 0 aliphatic heterocycles. The van der Waals surface area contributed by atoms with Crippen molar-refractivity contribution in [3.8, 4) is 28.6 Å². The lowest BCUT2D eigenvalue weighted by atomic mass is 10.1. The average Bonchev–Trinajstić information content (AvgIpc) is 2.93. The largest absolute Gasteiger partial charge is 0.494 e. The minimum atomic E-state index is 0.440. The molecule has 0 radical (unpaired) electrons. The lowest BCUT2D eigenvalue weighted by Gasteiger charge is -2.07. The number of nitrogen functional groups attached to an aromatic ring is 1. The van der Waals surface area contributed by atoms with E-state index in [1.807, 2.05) is 72.3 Å². The summed E-state index contributed by atoms with van der Waals surface area (Å²) in [6, 6.07) is 19.6. The molecule has 3 aromatic rings. The quantitative estimate of drug-likeness (QED) is 0.792. The Bertz CT molecular complexity index is 843. The van der Waals surface area contributed by atoms with E-state index in [4.69, 9.17) is 10.5 Å². The second kappa shape index (κ2) is 6.29. The Balaban J connectivity index is 2.07. The van der Waals surface area contributed by atoms with Crippen molar-refractivity contribution in [2.45, 2.75) is 6.92 Å². The molecule has 0 fully saturated rings. The summed E-state index contributed by atoms with van der Waals surface area (Å²) >= 11 is 0. The van der Waals surface area contributed by atoms with Crippen LogP contribution in [0.2, 0.25) is 0 Å². The number of nitriles is 1. The molecule has 0 saturated carbocycles. The minimum absolute atomic E-state index is 0.440. The van der Waals surface area contributed by atoms with Gasteiger partial charge in [0.05, 0.1) is 6.61 Å². The zero-order valence-corrected chi connectivity index (χ0v) is 12.9. The SMILES string of the molecule is CCOc1ccc(-n2cc(-c3ccccc3)c(C#N)c2N)cc1. The van der Waals surface area contributed by atoms with Gasteiger partial charge in [-0.15, -0.1) is 0 Å². The summed E-state index contributed by atoms with van der Waals surface area (Å²) < 4.78 is 7.28. The maximum atomic E-state index is 9.47. The van der Waals surface area contributed by atoms with Gasteiger partial charge in [0.1, 0.15) is 23.2 Å². The Hall–Kier alpha value is -3.19.